The molecule has 0 saturated carbocycles. The van der Waals surface area contributed by atoms with Crippen molar-refractivity contribution in [3.8, 4) is 11.5 Å². The van der Waals surface area contributed by atoms with Crippen LogP contribution < -0.4 is 14.8 Å². The van der Waals surface area contributed by atoms with E-state index in [-0.39, 0.29) is 24.9 Å². The number of carbonyl (C=O) groups excluding carboxylic acids is 1. The largest absolute Gasteiger partial charge is 0.497 e. The summed E-state index contributed by atoms with van der Waals surface area (Å²) in [6, 6.07) is 34.2. The van der Waals surface area contributed by atoms with Gasteiger partial charge in [-0.2, -0.15) is 0 Å². The second kappa shape index (κ2) is 13.6. The predicted octanol–water partition coefficient (Wildman–Crippen LogP) is 5.47. The van der Waals surface area contributed by atoms with Crippen LogP contribution in [-0.2, 0) is 16.9 Å². The zero-order chi connectivity index (χ0) is 31.9. The molecule has 1 atom stereocenters. The fourth-order valence-corrected chi connectivity index (χ4v) is 5.45. The van der Waals surface area contributed by atoms with Gasteiger partial charge >= 0.3 is 0 Å². The first-order valence-electron chi connectivity index (χ1n) is 14.7. The molecule has 0 unspecified atom stereocenters. The van der Waals surface area contributed by atoms with Crippen molar-refractivity contribution in [2.45, 2.75) is 18.2 Å². The fraction of sp³-hybridized carbons (Fsp3) is 0.167. The lowest BCUT2D eigenvalue weighted by Gasteiger charge is -2.36. The fourth-order valence-electron chi connectivity index (χ4n) is 5.45. The maximum Gasteiger partial charge on any atom is 0.256 e. The van der Waals surface area contributed by atoms with Gasteiger partial charge in [0.05, 0.1) is 39.8 Å². The lowest BCUT2D eigenvalue weighted by Crippen LogP contribution is -2.36. The molecule has 0 aliphatic rings. The van der Waals surface area contributed by atoms with Gasteiger partial charge in [-0.05, 0) is 53.1 Å². The first kappa shape index (κ1) is 30.4. The van der Waals surface area contributed by atoms with Gasteiger partial charge in [-0.25, -0.2) is 15.0 Å². The van der Waals surface area contributed by atoms with Gasteiger partial charge in [-0.15, -0.1) is 0 Å². The van der Waals surface area contributed by atoms with Crippen LogP contribution in [0.3, 0.4) is 0 Å². The van der Waals surface area contributed by atoms with Gasteiger partial charge in [0.25, 0.3) is 5.91 Å². The van der Waals surface area contributed by atoms with Crippen LogP contribution in [0.15, 0.2) is 122 Å². The molecular formula is C36H33N5O5. The highest BCUT2D eigenvalue weighted by Gasteiger charge is 2.38. The van der Waals surface area contributed by atoms with Crippen molar-refractivity contribution in [1.29, 1.82) is 0 Å². The van der Waals surface area contributed by atoms with E-state index in [1.165, 1.54) is 6.33 Å². The zero-order valence-electron chi connectivity index (χ0n) is 25.4. The number of hydrogen-bond donors (Lipinski definition) is 2. The van der Waals surface area contributed by atoms with Gasteiger partial charge in [-0.1, -0.05) is 72.8 Å². The summed E-state index contributed by atoms with van der Waals surface area (Å²) < 4.78 is 19.4. The Bertz CT molecular complexity index is 1850. The number of aliphatic hydroxyl groups excluding tert-OH is 1. The molecule has 0 aliphatic carbocycles. The summed E-state index contributed by atoms with van der Waals surface area (Å²) in [6.45, 7) is 0.102. The number of methoxy groups -OCH3 is 2. The molecule has 232 valence electrons. The SMILES string of the molecule is COc1ccc(C(OC[C@H](O)Cn2cnc3c(NC(=O)c4ccccc4)ncnc32)(c2ccccc2)c2ccc(OC)cc2)cc1. The number of amides is 1. The lowest BCUT2D eigenvalue weighted by molar-refractivity contribution is -0.0421. The monoisotopic (exact) mass is 615 g/mol. The molecule has 4 aromatic carbocycles. The summed E-state index contributed by atoms with van der Waals surface area (Å²) in [5.74, 6) is 1.41. The van der Waals surface area contributed by atoms with Crippen molar-refractivity contribution in [3.05, 3.63) is 144 Å². The first-order valence-corrected chi connectivity index (χ1v) is 14.7. The quantitative estimate of drug-likeness (QED) is 0.174. The number of carbonyl (C=O) groups is 1. The van der Waals surface area contributed by atoms with Crippen molar-refractivity contribution in [2.75, 3.05) is 26.1 Å². The van der Waals surface area contributed by atoms with E-state index in [4.69, 9.17) is 14.2 Å². The van der Waals surface area contributed by atoms with E-state index in [2.05, 4.69) is 20.3 Å². The molecule has 0 bridgehead atoms. The lowest BCUT2D eigenvalue weighted by atomic mass is 9.80. The number of rotatable bonds is 12. The minimum absolute atomic E-state index is 0.0324. The number of nitrogens with zero attached hydrogens (tertiary/aromatic N) is 4. The third-order valence-corrected chi connectivity index (χ3v) is 7.74. The topological polar surface area (TPSA) is 121 Å². The van der Waals surface area contributed by atoms with E-state index in [9.17, 15) is 9.90 Å². The van der Waals surface area contributed by atoms with Gasteiger partial charge in [-0.3, -0.25) is 4.79 Å². The molecule has 0 aliphatic heterocycles. The summed E-state index contributed by atoms with van der Waals surface area (Å²) >= 11 is 0. The molecule has 0 spiro atoms. The standard InChI is InChI=1S/C36H33N5O5/c1-44-30-17-13-27(14-18-30)36(26-11-7-4-8-12-26,28-15-19-31(45-2)20-16-28)46-22-29(42)21-41-24-39-32-33(37-23-38-34(32)41)40-35(43)25-9-5-3-6-10-25/h3-20,23-24,29,42H,21-22H2,1-2H3,(H,37,38,40,43)/t29-/m1/s1. The maximum atomic E-state index is 12.8. The number of nitrogens with one attached hydrogen (secondary N) is 1. The molecule has 10 heteroatoms. The molecule has 0 radical (unpaired) electrons. The summed E-state index contributed by atoms with van der Waals surface area (Å²) in [7, 11) is 3.25. The number of aliphatic hydroxyl groups is 1. The highest BCUT2D eigenvalue weighted by Crippen LogP contribution is 2.41. The van der Waals surface area contributed by atoms with Crippen LogP contribution in [0.4, 0.5) is 5.82 Å². The second-order valence-electron chi connectivity index (χ2n) is 10.6. The minimum Gasteiger partial charge on any atom is -0.497 e. The minimum atomic E-state index is -1.07. The third-order valence-electron chi connectivity index (χ3n) is 7.74. The van der Waals surface area contributed by atoms with E-state index in [0.29, 0.717) is 28.2 Å². The summed E-state index contributed by atoms with van der Waals surface area (Å²) in [5, 5.41) is 14.2. The Kier molecular flexibility index (Phi) is 9.00. The van der Waals surface area contributed by atoms with E-state index in [0.717, 1.165) is 16.7 Å². The van der Waals surface area contributed by atoms with Crippen LogP contribution in [0.25, 0.3) is 11.2 Å². The Morgan fingerprint density at radius 3 is 1.93 bits per heavy atom. The number of benzene rings is 4. The average molecular weight is 616 g/mol. The Hall–Kier alpha value is -5.58. The molecule has 0 fully saturated rings. The first-order chi connectivity index (χ1) is 22.5. The number of fused-ring (bicyclic) bond motifs is 1. The normalized spacial score (nSPS) is 12.1. The molecule has 10 nitrogen and oxygen atoms in total. The van der Waals surface area contributed by atoms with Crippen molar-refractivity contribution in [1.82, 2.24) is 19.5 Å². The molecule has 0 saturated heterocycles. The number of imidazole rings is 1. The van der Waals surface area contributed by atoms with Crippen LogP contribution in [-0.4, -0.2) is 57.5 Å². The van der Waals surface area contributed by atoms with Gasteiger partial charge in [0.15, 0.2) is 17.0 Å². The summed E-state index contributed by atoms with van der Waals surface area (Å²) in [4.78, 5) is 25.8. The van der Waals surface area contributed by atoms with Gasteiger partial charge < -0.3 is 29.2 Å². The van der Waals surface area contributed by atoms with E-state index < -0.39 is 11.7 Å². The second-order valence-corrected chi connectivity index (χ2v) is 10.6. The Morgan fingerprint density at radius 2 is 1.35 bits per heavy atom. The number of aromatic nitrogens is 4. The van der Waals surface area contributed by atoms with Gasteiger partial charge in [0, 0.05) is 5.56 Å². The van der Waals surface area contributed by atoms with Crippen LogP contribution in [0.5, 0.6) is 11.5 Å². The predicted molar refractivity (Wildman–Crippen MR) is 174 cm³/mol. The summed E-state index contributed by atoms with van der Waals surface area (Å²) in [5.41, 5.74) is 2.91. The maximum absolute atomic E-state index is 12.8. The summed E-state index contributed by atoms with van der Waals surface area (Å²) in [6.07, 6.45) is 1.98. The number of hydrogen-bond acceptors (Lipinski definition) is 8. The molecular weight excluding hydrogens is 582 g/mol. The van der Waals surface area contributed by atoms with Crippen molar-refractivity contribution < 1.29 is 24.1 Å². The number of anilines is 1. The van der Waals surface area contributed by atoms with Crippen molar-refractivity contribution in [2.24, 2.45) is 0 Å². The molecule has 1 amide bonds. The van der Waals surface area contributed by atoms with Gasteiger partial charge in [0.2, 0.25) is 0 Å². The molecule has 6 aromatic rings. The molecule has 6 rings (SSSR count). The highest BCUT2D eigenvalue weighted by atomic mass is 16.5. The van der Waals surface area contributed by atoms with Crippen LogP contribution in [0.1, 0.15) is 27.0 Å². The van der Waals surface area contributed by atoms with Crippen LogP contribution in [0, 0.1) is 0 Å². The van der Waals surface area contributed by atoms with Crippen molar-refractivity contribution >= 4 is 22.9 Å². The average Bonchev–Trinajstić information content (AvgIpc) is 3.53. The molecule has 2 N–H and O–H groups in total. The molecule has 46 heavy (non-hydrogen) atoms. The van der Waals surface area contributed by atoms with Crippen LogP contribution >= 0.6 is 0 Å². The highest BCUT2D eigenvalue weighted by molar-refractivity contribution is 6.06. The van der Waals surface area contributed by atoms with Crippen molar-refractivity contribution in [3.63, 3.8) is 0 Å². The van der Waals surface area contributed by atoms with E-state index >= 15 is 0 Å². The third kappa shape index (κ3) is 6.16. The van der Waals surface area contributed by atoms with Crippen LogP contribution in [0.2, 0.25) is 0 Å². The Balaban J connectivity index is 1.29. The van der Waals surface area contributed by atoms with Gasteiger partial charge in [0.1, 0.15) is 23.4 Å². The number of ether oxygens (including phenoxy) is 3. The molecule has 2 aromatic heterocycles. The smallest absolute Gasteiger partial charge is 0.256 e. The van der Waals surface area contributed by atoms with E-state index in [1.54, 1.807) is 49.4 Å². The molecule has 2 heterocycles. The van der Waals surface area contributed by atoms with E-state index in [1.807, 2.05) is 84.9 Å². The Labute approximate surface area is 266 Å². The Morgan fingerprint density at radius 1 is 0.783 bits per heavy atom. The zero-order valence-corrected chi connectivity index (χ0v) is 25.4.